The van der Waals surface area contributed by atoms with Crippen LogP contribution in [0.1, 0.15) is 406 Å². The predicted octanol–water partition coefficient (Wildman–Crippen LogP) is 25.1. The first-order valence-corrected chi connectivity index (χ1v) is 36.5. The fraction of sp³-hybridized carbons (Fsp3) is 0.880. The molecule has 476 valence electrons. The Morgan fingerprint density at radius 3 is 0.753 bits per heavy atom. The summed E-state index contributed by atoms with van der Waals surface area (Å²) in [5, 5.41) is 0. The van der Waals surface area contributed by atoms with E-state index in [2.05, 4.69) is 57.2 Å². The lowest BCUT2D eigenvalue weighted by Gasteiger charge is -2.18. The lowest BCUT2D eigenvalue weighted by atomic mass is 10.0. The first kappa shape index (κ1) is 78.6. The van der Waals surface area contributed by atoms with Crippen molar-refractivity contribution in [1.82, 2.24) is 0 Å². The van der Waals surface area contributed by atoms with Crippen LogP contribution < -0.4 is 0 Å². The van der Waals surface area contributed by atoms with E-state index in [9.17, 15) is 14.4 Å². The number of rotatable bonds is 68. The van der Waals surface area contributed by atoms with Gasteiger partial charge in [0.1, 0.15) is 13.2 Å². The van der Waals surface area contributed by atoms with Crippen LogP contribution in [0.2, 0.25) is 0 Å². The third kappa shape index (κ3) is 68.3. The second kappa shape index (κ2) is 70.1. The molecule has 0 heterocycles. The molecule has 0 aromatic heterocycles. The van der Waals surface area contributed by atoms with Crippen LogP contribution >= 0.6 is 0 Å². The highest BCUT2D eigenvalue weighted by Crippen LogP contribution is 2.19. The molecule has 0 aromatic carbocycles. The summed E-state index contributed by atoms with van der Waals surface area (Å²) < 4.78 is 17.0. The maximum atomic E-state index is 13.0. The van der Waals surface area contributed by atoms with E-state index in [1.54, 1.807) is 0 Å². The van der Waals surface area contributed by atoms with Crippen molar-refractivity contribution in [3.63, 3.8) is 0 Å². The van der Waals surface area contributed by atoms with Crippen LogP contribution in [0.3, 0.4) is 0 Å². The molecule has 0 aromatic rings. The van der Waals surface area contributed by atoms with Crippen molar-refractivity contribution in [3.8, 4) is 0 Å². The van der Waals surface area contributed by atoms with Crippen molar-refractivity contribution in [3.05, 3.63) is 36.5 Å². The second-order valence-corrected chi connectivity index (χ2v) is 24.8. The first-order valence-electron chi connectivity index (χ1n) is 36.5. The summed E-state index contributed by atoms with van der Waals surface area (Å²) in [6, 6.07) is 0. The van der Waals surface area contributed by atoms with E-state index < -0.39 is 6.10 Å². The molecule has 6 nitrogen and oxygen atoms in total. The molecule has 0 aliphatic carbocycles. The standard InChI is InChI=1S/C75H140O6/c1-4-7-10-13-16-19-22-25-27-29-31-33-35-36-37-38-40-41-43-45-47-50-53-56-59-62-65-68-74(77)80-71-72(70-79-73(76)67-64-61-58-55-52-49-24-21-18-15-12-9-6-3)81-75(78)69-66-63-60-57-54-51-48-46-44-42-39-34-32-30-28-26-23-20-17-14-11-8-5-2/h9,12,18,21,49,52,72H,4-8,10-11,13-17,19-20,22-48,50-51,53-71H2,1-3H3/b12-9-,21-18-,52-49-. The summed E-state index contributed by atoms with van der Waals surface area (Å²) in [6.07, 6.45) is 87.7. The molecule has 0 spiro atoms. The molecule has 0 saturated carbocycles. The summed E-state index contributed by atoms with van der Waals surface area (Å²) in [7, 11) is 0. The van der Waals surface area contributed by atoms with E-state index in [0.29, 0.717) is 19.3 Å². The first-order chi connectivity index (χ1) is 40.0. The van der Waals surface area contributed by atoms with Gasteiger partial charge in [-0.2, -0.15) is 0 Å². The largest absolute Gasteiger partial charge is 0.462 e. The van der Waals surface area contributed by atoms with Gasteiger partial charge in [0.05, 0.1) is 0 Å². The minimum absolute atomic E-state index is 0.0757. The molecule has 1 atom stereocenters. The Kier molecular flexibility index (Phi) is 68.1. The Labute approximate surface area is 506 Å². The van der Waals surface area contributed by atoms with Crippen molar-refractivity contribution in [2.45, 2.75) is 412 Å². The fourth-order valence-electron chi connectivity index (χ4n) is 11.2. The highest BCUT2D eigenvalue weighted by atomic mass is 16.6. The summed E-state index contributed by atoms with van der Waals surface area (Å²) in [6.45, 7) is 6.59. The highest BCUT2D eigenvalue weighted by Gasteiger charge is 2.19. The van der Waals surface area contributed by atoms with Gasteiger partial charge in [0.2, 0.25) is 0 Å². The van der Waals surface area contributed by atoms with Crippen molar-refractivity contribution in [2.75, 3.05) is 13.2 Å². The quantitative estimate of drug-likeness (QED) is 0.0261. The average molecular weight is 1140 g/mol. The van der Waals surface area contributed by atoms with Gasteiger partial charge in [-0.1, -0.05) is 372 Å². The lowest BCUT2D eigenvalue weighted by molar-refractivity contribution is -0.167. The van der Waals surface area contributed by atoms with Gasteiger partial charge in [-0.3, -0.25) is 14.4 Å². The number of esters is 3. The van der Waals surface area contributed by atoms with E-state index in [0.717, 1.165) is 83.5 Å². The van der Waals surface area contributed by atoms with Crippen LogP contribution in [-0.4, -0.2) is 37.2 Å². The Morgan fingerprint density at radius 2 is 0.481 bits per heavy atom. The molecule has 6 heteroatoms. The van der Waals surface area contributed by atoms with Gasteiger partial charge in [-0.25, -0.2) is 0 Å². The minimum atomic E-state index is -0.782. The van der Waals surface area contributed by atoms with Gasteiger partial charge in [0.15, 0.2) is 6.10 Å². The molecule has 81 heavy (non-hydrogen) atoms. The molecule has 0 saturated heterocycles. The van der Waals surface area contributed by atoms with Crippen LogP contribution in [0, 0.1) is 0 Å². The molecular formula is C75H140O6. The van der Waals surface area contributed by atoms with Gasteiger partial charge in [0.25, 0.3) is 0 Å². The van der Waals surface area contributed by atoms with E-state index in [1.807, 2.05) is 0 Å². The molecular weight excluding hydrogens is 997 g/mol. The Bertz CT molecular complexity index is 1350. The van der Waals surface area contributed by atoms with E-state index >= 15 is 0 Å². The monoisotopic (exact) mass is 1140 g/mol. The zero-order chi connectivity index (χ0) is 58.5. The van der Waals surface area contributed by atoms with Crippen LogP contribution in [0.4, 0.5) is 0 Å². The van der Waals surface area contributed by atoms with E-state index in [4.69, 9.17) is 14.2 Å². The zero-order valence-corrected chi connectivity index (χ0v) is 54.8. The number of ether oxygens (including phenoxy) is 3. The molecule has 0 aliphatic heterocycles. The number of carbonyl (C=O) groups is 3. The lowest BCUT2D eigenvalue weighted by Crippen LogP contribution is -2.30. The summed E-state index contributed by atoms with van der Waals surface area (Å²) in [5.74, 6) is -0.875. The summed E-state index contributed by atoms with van der Waals surface area (Å²) in [4.78, 5) is 38.4. The molecule has 0 bridgehead atoms. The van der Waals surface area contributed by atoms with Crippen LogP contribution in [0.25, 0.3) is 0 Å². The number of hydrogen-bond donors (Lipinski definition) is 0. The van der Waals surface area contributed by atoms with Crippen LogP contribution in [0.15, 0.2) is 36.5 Å². The summed E-state index contributed by atoms with van der Waals surface area (Å²) in [5.41, 5.74) is 0. The molecule has 0 fully saturated rings. The van der Waals surface area contributed by atoms with Gasteiger partial charge >= 0.3 is 17.9 Å². The molecule has 0 rings (SSSR count). The Hall–Kier alpha value is -2.37. The number of hydrogen-bond acceptors (Lipinski definition) is 6. The van der Waals surface area contributed by atoms with Gasteiger partial charge in [-0.05, 0) is 51.4 Å². The third-order valence-electron chi connectivity index (χ3n) is 16.7. The normalized spacial score (nSPS) is 12.2. The third-order valence-corrected chi connectivity index (χ3v) is 16.7. The Balaban J connectivity index is 4.19. The van der Waals surface area contributed by atoms with Crippen molar-refractivity contribution in [2.24, 2.45) is 0 Å². The van der Waals surface area contributed by atoms with E-state index in [-0.39, 0.29) is 31.1 Å². The minimum Gasteiger partial charge on any atom is -0.462 e. The fourth-order valence-corrected chi connectivity index (χ4v) is 11.2. The average Bonchev–Trinajstić information content (AvgIpc) is 3.46. The van der Waals surface area contributed by atoms with Crippen molar-refractivity contribution < 1.29 is 28.6 Å². The topological polar surface area (TPSA) is 78.9 Å². The van der Waals surface area contributed by atoms with Crippen LogP contribution in [0.5, 0.6) is 0 Å². The molecule has 0 radical (unpaired) electrons. The van der Waals surface area contributed by atoms with Gasteiger partial charge in [0, 0.05) is 19.3 Å². The molecule has 0 aliphatic rings. The SMILES string of the molecule is CC/C=C\C/C=C\C/C=C\CCCCCC(=O)OCC(COC(=O)CCCCCCCCCCCCCCCCCCCCCCCCCCCCC)OC(=O)CCCCCCCCCCCCCCCCCCCCCCCCC. The van der Waals surface area contributed by atoms with Crippen molar-refractivity contribution in [1.29, 1.82) is 0 Å². The Morgan fingerprint density at radius 1 is 0.259 bits per heavy atom. The number of allylic oxidation sites excluding steroid dienone is 6. The van der Waals surface area contributed by atoms with Crippen LogP contribution in [-0.2, 0) is 28.6 Å². The second-order valence-electron chi connectivity index (χ2n) is 24.8. The van der Waals surface area contributed by atoms with Gasteiger partial charge in [-0.15, -0.1) is 0 Å². The smallest absolute Gasteiger partial charge is 0.306 e. The molecule has 0 amide bonds. The predicted molar refractivity (Wildman–Crippen MR) is 353 cm³/mol. The molecule has 1 unspecified atom stereocenters. The number of unbranched alkanes of at least 4 members (excludes halogenated alkanes) is 51. The highest BCUT2D eigenvalue weighted by molar-refractivity contribution is 5.71. The van der Waals surface area contributed by atoms with Crippen molar-refractivity contribution >= 4 is 17.9 Å². The zero-order valence-electron chi connectivity index (χ0n) is 54.8. The number of carbonyl (C=O) groups excluding carboxylic acids is 3. The summed E-state index contributed by atoms with van der Waals surface area (Å²) >= 11 is 0. The maximum absolute atomic E-state index is 13.0. The van der Waals surface area contributed by atoms with Gasteiger partial charge < -0.3 is 14.2 Å². The molecule has 0 N–H and O–H groups in total. The van der Waals surface area contributed by atoms with E-state index in [1.165, 1.54) is 283 Å². The maximum Gasteiger partial charge on any atom is 0.306 e.